The topological polar surface area (TPSA) is 9.72 Å². The molecule has 0 bridgehead atoms. The summed E-state index contributed by atoms with van der Waals surface area (Å²) in [5.41, 5.74) is 40.7. The van der Waals surface area contributed by atoms with Gasteiger partial charge in [-0.25, -0.2) is 0 Å². The second-order valence-corrected chi connectivity index (χ2v) is 35.8. The average molecular weight is 1420 g/mol. The van der Waals surface area contributed by atoms with E-state index in [1.54, 1.807) is 0 Å². The normalized spacial score (nSPS) is 14.0. The predicted octanol–water partition coefficient (Wildman–Crippen LogP) is 29.8. The van der Waals surface area contributed by atoms with Crippen LogP contribution in [-0.2, 0) is 29.1 Å². The molecule has 0 saturated carbocycles. The van der Waals surface area contributed by atoms with Crippen LogP contribution in [0.1, 0.15) is 224 Å². The summed E-state index contributed by atoms with van der Waals surface area (Å²) in [5, 5.41) is 0. The molecule has 552 valence electrons. The fourth-order valence-corrected chi connectivity index (χ4v) is 18.4. The highest BCUT2D eigenvalue weighted by molar-refractivity contribution is 5.93. The molecule has 108 heavy (non-hydrogen) atoms. The number of anilines is 6. The van der Waals surface area contributed by atoms with Crippen molar-refractivity contribution in [3.05, 3.63) is 322 Å². The molecular weight excluding hydrogens is 1300 g/mol. The van der Waals surface area contributed by atoms with Gasteiger partial charge in [-0.1, -0.05) is 283 Å². The lowest BCUT2D eigenvalue weighted by Crippen LogP contribution is -2.39. The molecule has 15 rings (SSSR count). The summed E-state index contributed by atoms with van der Waals surface area (Å²) < 4.78 is 0. The molecule has 3 aliphatic rings. The van der Waals surface area contributed by atoms with Crippen LogP contribution in [0.5, 0.6) is 0 Å². The van der Waals surface area contributed by atoms with Crippen LogP contribution in [0.2, 0.25) is 0 Å². The van der Waals surface area contributed by atoms with Crippen molar-refractivity contribution in [3.63, 3.8) is 0 Å². The van der Waals surface area contributed by atoms with Crippen LogP contribution >= 0.6 is 0 Å². The van der Waals surface area contributed by atoms with Crippen molar-refractivity contribution in [2.24, 2.45) is 0 Å². The maximum Gasteiger partial charge on any atom is 0.0457 e. The molecule has 0 amide bonds. The van der Waals surface area contributed by atoms with E-state index in [1.807, 2.05) is 0 Å². The third kappa shape index (κ3) is 13.8. The monoisotopic (exact) mass is 1420 g/mol. The third-order valence-corrected chi connectivity index (χ3v) is 23.6. The second kappa shape index (κ2) is 29.2. The zero-order valence-corrected chi connectivity index (χ0v) is 69.2. The molecule has 0 radical (unpaired) electrons. The van der Waals surface area contributed by atoms with E-state index >= 15 is 0 Å². The van der Waals surface area contributed by atoms with E-state index in [9.17, 15) is 0 Å². The quantitative estimate of drug-likeness (QED) is 0.114. The lowest BCUT2D eigenvalue weighted by atomic mass is 9.81. The largest absolute Gasteiger partial charge is 0.336 e. The fraction of sp³-hybridized carbons (Fsp3) is 0.314. The van der Waals surface area contributed by atoms with Gasteiger partial charge < -0.3 is 14.7 Å². The van der Waals surface area contributed by atoms with Crippen LogP contribution in [0, 0.1) is 13.8 Å². The lowest BCUT2D eigenvalue weighted by Gasteiger charge is -2.42. The number of hydrogen-bond donors (Lipinski definition) is 0. The van der Waals surface area contributed by atoms with Gasteiger partial charge >= 0.3 is 0 Å². The van der Waals surface area contributed by atoms with E-state index in [2.05, 4.69) is 429 Å². The van der Waals surface area contributed by atoms with Gasteiger partial charge in [-0.2, -0.15) is 0 Å². The Kier molecular flexibility index (Phi) is 20.6. The first-order chi connectivity index (χ1) is 51.2. The van der Waals surface area contributed by atoms with Crippen molar-refractivity contribution < 1.29 is 0 Å². The summed E-state index contributed by atoms with van der Waals surface area (Å²) in [7, 11) is 0. The summed E-state index contributed by atoms with van der Waals surface area (Å²) in [4.78, 5) is 7.73. The maximum absolute atomic E-state index is 2.61. The predicted molar refractivity (Wildman–Crippen MR) is 470 cm³/mol. The van der Waals surface area contributed by atoms with Gasteiger partial charge in [0.05, 0.1) is 0 Å². The van der Waals surface area contributed by atoms with Gasteiger partial charge in [-0.15, -0.1) is 0 Å². The summed E-state index contributed by atoms with van der Waals surface area (Å²) in [5.74, 6) is 0.785. The van der Waals surface area contributed by atoms with Crippen LogP contribution < -0.4 is 14.7 Å². The molecule has 0 atom stereocenters. The van der Waals surface area contributed by atoms with Crippen molar-refractivity contribution >= 4 is 34.1 Å². The van der Waals surface area contributed by atoms with Crippen LogP contribution in [0.25, 0.3) is 66.8 Å². The minimum atomic E-state index is -0.108. The van der Waals surface area contributed by atoms with E-state index in [0.717, 1.165) is 12.8 Å². The first kappa shape index (κ1) is 76.2. The van der Waals surface area contributed by atoms with E-state index in [0.29, 0.717) is 11.8 Å². The molecule has 0 aliphatic heterocycles. The van der Waals surface area contributed by atoms with E-state index in [-0.39, 0.29) is 32.9 Å². The van der Waals surface area contributed by atoms with Crippen molar-refractivity contribution in [1.29, 1.82) is 0 Å². The van der Waals surface area contributed by atoms with Crippen LogP contribution in [0.3, 0.4) is 0 Å². The van der Waals surface area contributed by atoms with Crippen molar-refractivity contribution in [2.45, 2.75) is 217 Å². The standard InChI is InChI=1S/C37H43N.C35H39N.C33H35N/c1-24(2)29-23-27(26-15-11-10-12-16-26)19-21-32(29)38(36(5,6)7)33-22-20-31-35(34(33)25(3)4)28-17-13-14-18-30(28)37(31,8)9;1-8-24-23-26(25-15-11-10-12-16-25)19-21-31(24)36(34(3,4)5)32-22-20-30-33(27(32)9-2)28-17-13-14-18-29(28)35(30,6)7;1-22-21-25(24-13-9-8-10-14-24)17-19-29(22)34(32(3,4)5)30-20-18-28-31(23(30)2)26-15-11-12-16-27(26)33(28,6)7/h10-25H,1-9H3;10-23H,8-9H2,1-7H3;8-21H,1-7H3. The van der Waals surface area contributed by atoms with Gasteiger partial charge in [0.1, 0.15) is 0 Å². The number of nitrogens with zero attached hydrogens (tertiary/aromatic N) is 3. The summed E-state index contributed by atoms with van der Waals surface area (Å²) in [6.07, 6.45) is 1.99. The van der Waals surface area contributed by atoms with Gasteiger partial charge in [0.25, 0.3) is 0 Å². The molecule has 0 N–H and O–H groups in total. The molecule has 3 nitrogen and oxygen atoms in total. The minimum Gasteiger partial charge on any atom is -0.336 e. The van der Waals surface area contributed by atoms with E-state index in [1.165, 1.54) is 168 Å². The number of aryl methyl sites for hydroxylation is 2. The van der Waals surface area contributed by atoms with Crippen LogP contribution in [0.4, 0.5) is 34.1 Å². The molecule has 0 saturated heterocycles. The van der Waals surface area contributed by atoms with E-state index in [4.69, 9.17) is 0 Å². The van der Waals surface area contributed by atoms with Gasteiger partial charge in [-0.05, 0) is 289 Å². The molecular formula is C105H117N3. The number of fused-ring (bicyclic) bond motifs is 9. The Morgan fingerprint density at radius 3 is 1.08 bits per heavy atom. The van der Waals surface area contributed by atoms with Crippen LogP contribution in [-0.4, -0.2) is 16.6 Å². The summed E-state index contributed by atoms with van der Waals surface area (Å²) >= 11 is 0. The highest BCUT2D eigenvalue weighted by atomic mass is 15.2. The zero-order chi connectivity index (χ0) is 77.3. The molecule has 12 aromatic carbocycles. The van der Waals surface area contributed by atoms with Gasteiger partial charge in [0.15, 0.2) is 0 Å². The Hall–Kier alpha value is -9.96. The molecule has 12 aromatic rings. The molecule has 0 heterocycles. The smallest absolute Gasteiger partial charge is 0.0457 e. The Bertz CT molecular complexity index is 5290. The maximum atomic E-state index is 2.61. The molecule has 0 aromatic heterocycles. The third-order valence-electron chi connectivity index (χ3n) is 23.6. The fourth-order valence-electron chi connectivity index (χ4n) is 18.4. The van der Waals surface area contributed by atoms with Crippen molar-refractivity contribution in [1.82, 2.24) is 0 Å². The first-order valence-electron chi connectivity index (χ1n) is 39.9. The number of rotatable bonds is 13. The Morgan fingerprint density at radius 1 is 0.296 bits per heavy atom. The minimum absolute atomic E-state index is 0.00108. The van der Waals surface area contributed by atoms with Gasteiger partial charge in [0, 0.05) is 67.0 Å². The molecule has 0 spiro atoms. The highest BCUT2D eigenvalue weighted by Gasteiger charge is 2.43. The number of benzene rings is 12. The zero-order valence-electron chi connectivity index (χ0n) is 69.2. The second-order valence-electron chi connectivity index (χ2n) is 35.8. The van der Waals surface area contributed by atoms with Gasteiger partial charge in [-0.3, -0.25) is 0 Å². The molecule has 0 unspecified atom stereocenters. The Balaban J connectivity index is 0.000000143. The molecule has 3 heteroatoms. The summed E-state index contributed by atoms with van der Waals surface area (Å²) in [6, 6.07) is 94.4. The van der Waals surface area contributed by atoms with Crippen LogP contribution in [0.15, 0.2) is 255 Å². The Morgan fingerprint density at radius 2 is 0.648 bits per heavy atom. The Labute approximate surface area is 649 Å². The SMILES string of the molecule is CC(C)c1cc(-c2ccccc2)ccc1N(c1ccc2c(c1C(C)C)-c1ccccc1C2(C)C)C(C)(C)C.CCc1cc(-c2ccccc2)ccc1N(c1ccc2c(c1CC)-c1ccccc1C2(C)C)C(C)(C)C.Cc1cc(-c2ccccc2)ccc1N(c1ccc2c(c1C)-c1ccccc1C2(C)C)C(C)(C)C. The van der Waals surface area contributed by atoms with Gasteiger partial charge in [0.2, 0.25) is 0 Å². The molecule has 0 fully saturated rings. The first-order valence-corrected chi connectivity index (χ1v) is 39.9. The highest BCUT2D eigenvalue weighted by Crippen LogP contribution is 2.58. The summed E-state index contributed by atoms with van der Waals surface area (Å²) in [6.45, 7) is 53.6. The van der Waals surface area contributed by atoms with E-state index < -0.39 is 0 Å². The van der Waals surface area contributed by atoms with Crippen molar-refractivity contribution in [2.75, 3.05) is 14.7 Å². The lowest BCUT2D eigenvalue weighted by molar-refractivity contribution is 0.554. The van der Waals surface area contributed by atoms with Crippen molar-refractivity contribution in [3.8, 4) is 66.8 Å². The number of hydrogen-bond acceptors (Lipinski definition) is 3. The molecule has 3 aliphatic carbocycles. The average Bonchev–Trinajstić information content (AvgIpc) is 1.56.